The third kappa shape index (κ3) is 3.30. The van der Waals surface area contributed by atoms with Crippen LogP contribution < -0.4 is 5.73 Å². The van der Waals surface area contributed by atoms with E-state index in [1.165, 1.54) is 23.0 Å². The van der Waals surface area contributed by atoms with E-state index in [9.17, 15) is 4.79 Å². The van der Waals surface area contributed by atoms with Gasteiger partial charge in [-0.1, -0.05) is 60.7 Å². The standard InChI is InChI=1S/C25H19ClN2O2S/c1-2-13-30-25(29)23-21(27)20-19(15-7-10-16(26)11-8-15)18-12-9-14-5-3-4-6-17(14)22(18)28-24(20)31-23/h2-8,10-11H,1,9,12-13,27H2. The summed E-state index contributed by atoms with van der Waals surface area (Å²) in [7, 11) is 0. The number of nitrogens with two attached hydrogens (primary N) is 1. The Hall–Kier alpha value is -3.15. The van der Waals surface area contributed by atoms with Crippen LogP contribution in [0.25, 0.3) is 32.6 Å². The number of aryl methyl sites for hydroxylation is 1. The zero-order chi connectivity index (χ0) is 21.5. The maximum absolute atomic E-state index is 12.6. The van der Waals surface area contributed by atoms with Crippen molar-refractivity contribution in [3.8, 4) is 22.4 Å². The Morgan fingerprint density at radius 2 is 1.97 bits per heavy atom. The number of pyridine rings is 1. The number of thiophene rings is 1. The smallest absolute Gasteiger partial charge is 0.350 e. The predicted octanol–water partition coefficient (Wildman–Crippen LogP) is 6.31. The van der Waals surface area contributed by atoms with Crippen LogP contribution in [0.1, 0.15) is 20.8 Å². The molecule has 2 heterocycles. The molecule has 31 heavy (non-hydrogen) atoms. The van der Waals surface area contributed by atoms with Crippen molar-refractivity contribution in [3.05, 3.63) is 82.2 Å². The SMILES string of the molecule is C=CCOC(=O)c1sc2nc3c(c(-c4ccc(Cl)cc4)c2c1N)CCc1ccccc1-3. The molecule has 0 unspecified atom stereocenters. The van der Waals surface area contributed by atoms with Crippen LogP contribution in [0.5, 0.6) is 0 Å². The molecule has 0 aliphatic heterocycles. The number of ether oxygens (including phenoxy) is 1. The predicted molar refractivity (Wildman–Crippen MR) is 128 cm³/mol. The molecule has 0 amide bonds. The summed E-state index contributed by atoms with van der Waals surface area (Å²) in [6.07, 6.45) is 3.31. The Balaban J connectivity index is 1.83. The number of carbonyl (C=O) groups is 1. The molecule has 0 bridgehead atoms. The summed E-state index contributed by atoms with van der Waals surface area (Å²) in [5.74, 6) is -0.458. The molecule has 2 aromatic carbocycles. The van der Waals surface area contributed by atoms with Crippen molar-refractivity contribution in [1.82, 2.24) is 4.98 Å². The molecular weight excluding hydrogens is 428 g/mol. The highest BCUT2D eigenvalue weighted by Crippen LogP contribution is 2.46. The van der Waals surface area contributed by atoms with Crippen LogP contribution in [0.2, 0.25) is 5.02 Å². The maximum atomic E-state index is 12.6. The van der Waals surface area contributed by atoms with Crippen LogP contribution in [0.4, 0.5) is 5.69 Å². The third-order valence-corrected chi connectivity index (χ3v) is 6.88. The van der Waals surface area contributed by atoms with Crippen molar-refractivity contribution < 1.29 is 9.53 Å². The van der Waals surface area contributed by atoms with Gasteiger partial charge in [-0.15, -0.1) is 11.3 Å². The fourth-order valence-corrected chi connectivity index (χ4v) is 5.30. The highest BCUT2D eigenvalue weighted by Gasteiger charge is 2.28. The number of hydrogen-bond donors (Lipinski definition) is 1. The number of esters is 1. The van der Waals surface area contributed by atoms with Crippen LogP contribution >= 0.6 is 22.9 Å². The number of nitrogen functional groups attached to an aromatic ring is 1. The fraction of sp³-hybridized carbons (Fsp3) is 0.120. The summed E-state index contributed by atoms with van der Waals surface area (Å²) >= 11 is 7.42. The van der Waals surface area contributed by atoms with Crippen LogP contribution in [-0.2, 0) is 17.6 Å². The minimum absolute atomic E-state index is 0.133. The third-order valence-electron chi connectivity index (χ3n) is 5.54. The molecule has 154 valence electrons. The molecule has 2 aromatic heterocycles. The maximum Gasteiger partial charge on any atom is 0.350 e. The first-order valence-electron chi connectivity index (χ1n) is 9.95. The number of fused-ring (bicyclic) bond motifs is 4. The molecule has 0 saturated heterocycles. The van der Waals surface area contributed by atoms with Gasteiger partial charge in [-0.3, -0.25) is 0 Å². The van der Waals surface area contributed by atoms with Gasteiger partial charge in [0.25, 0.3) is 0 Å². The molecule has 1 aliphatic rings. The molecule has 2 N–H and O–H groups in total. The zero-order valence-corrected chi connectivity index (χ0v) is 18.2. The van der Waals surface area contributed by atoms with Gasteiger partial charge in [0.1, 0.15) is 16.3 Å². The Kier molecular flexibility index (Phi) is 5.00. The van der Waals surface area contributed by atoms with Crippen LogP contribution in [0.3, 0.4) is 0 Å². The summed E-state index contributed by atoms with van der Waals surface area (Å²) in [4.78, 5) is 18.7. The summed E-state index contributed by atoms with van der Waals surface area (Å²) in [5, 5.41) is 1.47. The van der Waals surface area contributed by atoms with Crippen molar-refractivity contribution in [2.75, 3.05) is 12.3 Å². The second-order valence-corrected chi connectivity index (χ2v) is 8.83. The highest BCUT2D eigenvalue weighted by molar-refractivity contribution is 7.21. The molecule has 4 aromatic rings. The zero-order valence-electron chi connectivity index (χ0n) is 16.7. The molecule has 0 radical (unpaired) electrons. The van der Waals surface area contributed by atoms with E-state index in [-0.39, 0.29) is 6.61 Å². The lowest BCUT2D eigenvalue weighted by molar-refractivity contribution is 0.0556. The van der Waals surface area contributed by atoms with E-state index in [4.69, 9.17) is 27.1 Å². The van der Waals surface area contributed by atoms with E-state index in [2.05, 4.69) is 24.8 Å². The minimum Gasteiger partial charge on any atom is -0.457 e. The number of anilines is 1. The Morgan fingerprint density at radius 1 is 1.19 bits per heavy atom. The summed E-state index contributed by atoms with van der Waals surface area (Å²) < 4.78 is 5.26. The first-order chi connectivity index (χ1) is 15.1. The molecule has 0 saturated carbocycles. The van der Waals surface area contributed by atoms with Gasteiger partial charge in [-0.05, 0) is 47.2 Å². The average Bonchev–Trinajstić information content (AvgIpc) is 3.12. The topological polar surface area (TPSA) is 65.2 Å². The van der Waals surface area contributed by atoms with Crippen molar-refractivity contribution in [3.63, 3.8) is 0 Å². The molecular formula is C25H19ClN2O2S. The first kappa shape index (κ1) is 19.8. The Bertz CT molecular complexity index is 1340. The average molecular weight is 447 g/mol. The monoisotopic (exact) mass is 446 g/mol. The number of benzene rings is 2. The second kappa shape index (κ2) is 7.84. The van der Waals surface area contributed by atoms with Crippen LogP contribution in [0, 0.1) is 0 Å². The minimum atomic E-state index is -0.458. The van der Waals surface area contributed by atoms with Crippen LogP contribution in [0.15, 0.2) is 61.2 Å². The van der Waals surface area contributed by atoms with E-state index < -0.39 is 5.97 Å². The molecule has 6 heteroatoms. The summed E-state index contributed by atoms with van der Waals surface area (Å²) in [5.41, 5.74) is 13.5. The molecule has 4 nitrogen and oxygen atoms in total. The normalized spacial score (nSPS) is 12.3. The van der Waals surface area contributed by atoms with E-state index in [0.29, 0.717) is 15.6 Å². The van der Waals surface area contributed by atoms with Gasteiger partial charge in [0.2, 0.25) is 0 Å². The number of hydrogen-bond acceptors (Lipinski definition) is 5. The van der Waals surface area contributed by atoms with E-state index in [0.717, 1.165) is 51.0 Å². The number of rotatable bonds is 4. The fourth-order valence-electron chi connectivity index (χ4n) is 4.17. The van der Waals surface area contributed by atoms with Gasteiger partial charge in [0, 0.05) is 16.0 Å². The van der Waals surface area contributed by atoms with E-state index >= 15 is 0 Å². The number of carbonyl (C=O) groups excluding carboxylic acids is 1. The van der Waals surface area contributed by atoms with E-state index in [1.54, 1.807) is 0 Å². The van der Waals surface area contributed by atoms with Gasteiger partial charge in [-0.25, -0.2) is 9.78 Å². The highest BCUT2D eigenvalue weighted by atomic mass is 35.5. The summed E-state index contributed by atoms with van der Waals surface area (Å²) in [6.45, 7) is 3.73. The molecule has 1 aliphatic carbocycles. The van der Waals surface area contributed by atoms with Crippen LogP contribution in [-0.4, -0.2) is 17.6 Å². The molecule has 0 fully saturated rings. The number of halogens is 1. The second-order valence-electron chi connectivity index (χ2n) is 7.39. The van der Waals surface area contributed by atoms with Crippen molar-refractivity contribution >= 4 is 44.8 Å². The molecule has 5 rings (SSSR count). The summed E-state index contributed by atoms with van der Waals surface area (Å²) in [6, 6.07) is 16.1. The van der Waals surface area contributed by atoms with Gasteiger partial charge >= 0.3 is 5.97 Å². The lowest BCUT2D eigenvalue weighted by Crippen LogP contribution is -2.08. The largest absolute Gasteiger partial charge is 0.457 e. The van der Waals surface area contributed by atoms with Gasteiger partial charge in [-0.2, -0.15) is 0 Å². The van der Waals surface area contributed by atoms with E-state index in [1.807, 2.05) is 30.3 Å². The van der Waals surface area contributed by atoms with Gasteiger partial charge in [0.15, 0.2) is 0 Å². The lowest BCUT2D eigenvalue weighted by atomic mass is 9.84. The number of nitrogens with zero attached hydrogens (tertiary/aromatic N) is 1. The lowest BCUT2D eigenvalue weighted by Gasteiger charge is -2.22. The molecule has 0 atom stereocenters. The Labute approximate surface area is 188 Å². The van der Waals surface area contributed by atoms with Crippen molar-refractivity contribution in [2.45, 2.75) is 12.8 Å². The van der Waals surface area contributed by atoms with Gasteiger partial charge in [0.05, 0.1) is 11.4 Å². The van der Waals surface area contributed by atoms with Crippen molar-refractivity contribution in [1.29, 1.82) is 0 Å². The first-order valence-corrected chi connectivity index (χ1v) is 11.1. The van der Waals surface area contributed by atoms with Crippen molar-refractivity contribution in [2.24, 2.45) is 0 Å². The van der Waals surface area contributed by atoms with Gasteiger partial charge < -0.3 is 10.5 Å². The Morgan fingerprint density at radius 3 is 2.74 bits per heavy atom. The number of aromatic nitrogens is 1. The molecule has 0 spiro atoms. The quantitative estimate of drug-likeness (QED) is 0.295.